The Morgan fingerprint density at radius 3 is 2.48 bits per heavy atom. The van der Waals surface area contributed by atoms with E-state index in [2.05, 4.69) is 51.2 Å². The molecule has 0 saturated heterocycles. The van der Waals surface area contributed by atoms with Crippen LogP contribution in [0.1, 0.15) is 53.0 Å². The average Bonchev–Trinajstić information content (AvgIpc) is 2.40. The third-order valence-electron chi connectivity index (χ3n) is 3.47. The van der Waals surface area contributed by atoms with Gasteiger partial charge in [0.2, 0.25) is 16.3 Å². The molecule has 0 fully saturated rings. The van der Waals surface area contributed by atoms with Crippen molar-refractivity contribution in [1.29, 1.82) is 0 Å². The van der Waals surface area contributed by atoms with Crippen molar-refractivity contribution < 1.29 is 4.74 Å². The lowest BCUT2D eigenvalue weighted by molar-refractivity contribution is 0.340. The molecular formula is C18H30AlNO. The number of allylic oxidation sites excluding steroid dienone is 1. The van der Waals surface area contributed by atoms with Gasteiger partial charge in [0.15, 0.2) is 0 Å². The van der Waals surface area contributed by atoms with Crippen LogP contribution in [-0.2, 0) is 0 Å². The molecule has 1 N–H and O–H groups in total. The summed E-state index contributed by atoms with van der Waals surface area (Å²) in [6, 6.07) is 6.22. The number of anilines is 1. The van der Waals surface area contributed by atoms with Crippen molar-refractivity contribution in [2.75, 3.05) is 11.9 Å². The molecular weight excluding hydrogens is 273 g/mol. The van der Waals surface area contributed by atoms with Gasteiger partial charge in [-0.2, -0.15) is 0 Å². The molecule has 1 heterocycles. The number of ether oxygens (including phenoxy) is 1. The molecule has 0 bridgehead atoms. The van der Waals surface area contributed by atoms with Gasteiger partial charge in [0.1, 0.15) is 5.75 Å². The smallest absolute Gasteiger partial charge is 0.211 e. The lowest BCUT2D eigenvalue weighted by atomic mass is 9.91. The summed E-state index contributed by atoms with van der Waals surface area (Å²) in [4.78, 5) is 0. The van der Waals surface area contributed by atoms with Gasteiger partial charge in [0.25, 0.3) is 0 Å². The van der Waals surface area contributed by atoms with E-state index in [1.807, 2.05) is 13.0 Å². The highest BCUT2D eigenvalue weighted by atomic mass is 27.0. The fourth-order valence-electron chi connectivity index (χ4n) is 2.57. The van der Waals surface area contributed by atoms with Gasteiger partial charge < -0.3 is 10.1 Å². The maximum Gasteiger partial charge on any atom is 0.211 e. The fourth-order valence-corrected chi connectivity index (χ4v) is 3.28. The van der Waals surface area contributed by atoms with Gasteiger partial charge >= 0.3 is 0 Å². The summed E-state index contributed by atoms with van der Waals surface area (Å²) in [5, 5.41) is 4.99. The first-order chi connectivity index (χ1) is 9.93. The van der Waals surface area contributed by atoms with Crippen LogP contribution in [0.2, 0.25) is 5.28 Å². The van der Waals surface area contributed by atoms with Crippen molar-refractivity contribution in [3.63, 3.8) is 0 Å². The van der Waals surface area contributed by atoms with Gasteiger partial charge in [-0.1, -0.05) is 25.8 Å². The molecule has 1 aromatic rings. The number of unbranched alkanes of at least 4 members (excludes halogenated alkanes) is 1. The Labute approximate surface area is 138 Å². The lowest BCUT2D eigenvalue weighted by Gasteiger charge is -2.31. The number of rotatable bonds is 4. The van der Waals surface area contributed by atoms with E-state index in [4.69, 9.17) is 4.74 Å². The summed E-state index contributed by atoms with van der Waals surface area (Å²) >= 11 is 1.40. The van der Waals surface area contributed by atoms with Crippen LogP contribution < -0.4 is 10.1 Å². The predicted molar refractivity (Wildman–Crippen MR) is 97.2 cm³/mol. The van der Waals surface area contributed by atoms with Crippen LogP contribution in [0.5, 0.6) is 5.75 Å². The largest absolute Gasteiger partial charge is 0.494 e. The summed E-state index contributed by atoms with van der Waals surface area (Å²) < 4.78 is 5.52. The molecule has 0 aromatic heterocycles. The highest BCUT2D eigenvalue weighted by molar-refractivity contribution is 6.08. The monoisotopic (exact) mass is 303 g/mol. The molecule has 0 saturated carbocycles. The highest BCUT2D eigenvalue weighted by Gasteiger charge is 2.22. The van der Waals surface area contributed by atoms with Crippen LogP contribution in [-0.4, -0.2) is 28.4 Å². The van der Waals surface area contributed by atoms with Crippen LogP contribution in [0.25, 0.3) is 5.57 Å². The van der Waals surface area contributed by atoms with Gasteiger partial charge in [-0.15, -0.1) is 5.28 Å². The first-order valence-corrected chi connectivity index (χ1v) is 9.59. The Bertz CT molecular complexity index is 478. The van der Waals surface area contributed by atoms with Crippen LogP contribution in [0.15, 0.2) is 24.3 Å². The Balaban J connectivity index is 0.000000383. The third-order valence-corrected chi connectivity index (χ3v) is 4.18. The van der Waals surface area contributed by atoms with Crippen LogP contribution in [0.4, 0.5) is 5.69 Å². The van der Waals surface area contributed by atoms with E-state index in [1.165, 1.54) is 51.2 Å². The molecule has 2 nitrogen and oxygen atoms in total. The quantitative estimate of drug-likeness (QED) is 0.825. The molecule has 3 heteroatoms. The molecule has 0 radical (unpaired) electrons. The lowest BCUT2D eigenvalue weighted by Crippen LogP contribution is -2.31. The van der Waals surface area contributed by atoms with E-state index in [0.29, 0.717) is 6.61 Å². The molecule has 0 unspecified atom stereocenters. The third kappa shape index (κ3) is 5.77. The molecule has 1 aromatic carbocycles. The summed E-state index contributed by atoms with van der Waals surface area (Å²) in [5.41, 5.74) is 3.77. The second kappa shape index (κ2) is 8.51. The normalized spacial score (nSPS) is 15.0. The molecule has 2 rings (SSSR count). The van der Waals surface area contributed by atoms with Crippen molar-refractivity contribution in [1.82, 2.24) is 0 Å². The van der Waals surface area contributed by atoms with Crippen LogP contribution >= 0.6 is 0 Å². The Morgan fingerprint density at radius 2 is 1.95 bits per heavy atom. The first kappa shape index (κ1) is 18.1. The van der Waals surface area contributed by atoms with Gasteiger partial charge in [0, 0.05) is 11.3 Å². The molecule has 1 aliphatic heterocycles. The number of hydrogen-bond acceptors (Lipinski definition) is 2. The first-order valence-electron chi connectivity index (χ1n) is 8.18. The van der Waals surface area contributed by atoms with E-state index in [0.717, 1.165) is 5.75 Å². The summed E-state index contributed by atoms with van der Waals surface area (Å²) in [7, 11) is 0. The molecule has 1 aliphatic rings. The number of hydrogen-bond donors (Lipinski definition) is 1. The summed E-state index contributed by atoms with van der Waals surface area (Å²) in [6.45, 7) is 11.4. The van der Waals surface area contributed by atoms with Gasteiger partial charge in [-0.3, -0.25) is 0 Å². The highest BCUT2D eigenvalue weighted by Crippen LogP contribution is 2.35. The van der Waals surface area contributed by atoms with E-state index < -0.39 is 0 Å². The molecule has 0 atom stereocenters. The Kier molecular flexibility index (Phi) is 7.36. The molecule has 116 valence electrons. The second-order valence-corrected chi connectivity index (χ2v) is 7.17. The fraction of sp³-hybridized carbons (Fsp3) is 0.556. The van der Waals surface area contributed by atoms with E-state index >= 15 is 0 Å². The maximum atomic E-state index is 5.52. The Hall–Kier alpha value is -0.908. The van der Waals surface area contributed by atoms with Crippen molar-refractivity contribution in [2.45, 2.75) is 58.3 Å². The van der Waals surface area contributed by atoms with Crippen LogP contribution in [0, 0.1) is 0 Å². The van der Waals surface area contributed by atoms with Gasteiger partial charge in [-0.25, -0.2) is 0 Å². The second-order valence-electron chi connectivity index (χ2n) is 6.17. The van der Waals surface area contributed by atoms with Crippen molar-refractivity contribution >= 4 is 27.6 Å². The minimum Gasteiger partial charge on any atom is -0.494 e. The van der Waals surface area contributed by atoms with E-state index in [9.17, 15) is 0 Å². The van der Waals surface area contributed by atoms with Crippen molar-refractivity contribution in [3.05, 3.63) is 29.8 Å². The predicted octanol–water partition coefficient (Wildman–Crippen LogP) is 4.53. The zero-order chi connectivity index (χ0) is 15.9. The zero-order valence-electron chi connectivity index (χ0n) is 14.5. The molecule has 21 heavy (non-hydrogen) atoms. The SMILES string of the molecule is CCC[CH2][AlH2].CCOc1ccc2c(c1)C(C)=CC(C)(C)N2. The Morgan fingerprint density at radius 1 is 1.24 bits per heavy atom. The molecule has 0 spiro atoms. The van der Waals surface area contributed by atoms with Gasteiger partial charge in [0.05, 0.1) is 12.1 Å². The standard InChI is InChI=1S/C14H19NO.C4H9.Al.2H/c1-5-16-11-6-7-13-12(8-11)10(2)9-14(3,4)15-13;1-3-4-2;;;/h6-9,15H,5H2,1-4H3;1,3-4H2,2H3;;;. The minimum absolute atomic E-state index is 0.0320. The maximum absolute atomic E-state index is 5.52. The average molecular weight is 303 g/mol. The molecule has 0 amide bonds. The van der Waals surface area contributed by atoms with Crippen LogP contribution in [0.3, 0.4) is 0 Å². The number of benzene rings is 1. The summed E-state index contributed by atoms with van der Waals surface area (Å²) in [6.07, 6.45) is 5.08. The van der Waals surface area contributed by atoms with E-state index in [1.54, 1.807) is 0 Å². The number of nitrogens with one attached hydrogen (secondary N) is 1. The molecule has 0 aliphatic carbocycles. The van der Waals surface area contributed by atoms with Crippen molar-refractivity contribution in [2.24, 2.45) is 0 Å². The van der Waals surface area contributed by atoms with E-state index in [-0.39, 0.29) is 5.54 Å². The van der Waals surface area contributed by atoms with Gasteiger partial charge in [-0.05, 0) is 51.5 Å². The zero-order valence-corrected chi connectivity index (χ0v) is 16.5. The van der Waals surface area contributed by atoms with Crippen molar-refractivity contribution in [3.8, 4) is 5.75 Å². The minimum atomic E-state index is 0.0320. The topological polar surface area (TPSA) is 21.3 Å². The number of fused-ring (bicyclic) bond motifs is 1. The summed E-state index contributed by atoms with van der Waals surface area (Å²) in [5.74, 6) is 0.940.